The van der Waals surface area contributed by atoms with Crippen molar-refractivity contribution in [1.82, 2.24) is 9.88 Å². The van der Waals surface area contributed by atoms with Crippen LogP contribution in [0.2, 0.25) is 10.0 Å². The number of carbonyl (C=O) groups excluding carboxylic acids is 1. The summed E-state index contributed by atoms with van der Waals surface area (Å²) in [6, 6.07) is 9.41. The van der Waals surface area contributed by atoms with Gasteiger partial charge in [-0.05, 0) is 42.5 Å². The van der Waals surface area contributed by atoms with Crippen LogP contribution in [0.15, 0.2) is 36.5 Å². The molecule has 1 N–H and O–H groups in total. The normalized spacial score (nSPS) is 16.8. The van der Waals surface area contributed by atoms with E-state index in [1.807, 2.05) is 24.3 Å². The number of urea groups is 1. The molecule has 1 saturated heterocycles. The number of amides is 2. The van der Waals surface area contributed by atoms with Crippen molar-refractivity contribution in [2.24, 2.45) is 5.92 Å². The van der Waals surface area contributed by atoms with E-state index in [0.29, 0.717) is 48.6 Å². The Morgan fingerprint density at radius 1 is 1.17 bits per heavy atom. The van der Waals surface area contributed by atoms with Crippen molar-refractivity contribution in [3.8, 4) is 0 Å². The molecule has 29 heavy (non-hydrogen) atoms. The van der Waals surface area contributed by atoms with E-state index in [4.69, 9.17) is 27.9 Å². The van der Waals surface area contributed by atoms with Gasteiger partial charge < -0.3 is 19.9 Å². The molecule has 2 amide bonds. The van der Waals surface area contributed by atoms with Crippen molar-refractivity contribution in [2.45, 2.75) is 19.4 Å². The van der Waals surface area contributed by atoms with E-state index in [0.717, 1.165) is 23.8 Å². The maximum Gasteiger partial charge on any atom is 0.321 e. The summed E-state index contributed by atoms with van der Waals surface area (Å²) in [5.74, 6) is 1.45. The number of nitrogens with zero attached hydrogens (tertiary/aromatic N) is 3. The molecule has 2 aromatic rings. The van der Waals surface area contributed by atoms with Crippen LogP contribution in [0.5, 0.6) is 0 Å². The van der Waals surface area contributed by atoms with Crippen LogP contribution in [-0.2, 0) is 11.3 Å². The summed E-state index contributed by atoms with van der Waals surface area (Å²) < 4.78 is 5.74. The van der Waals surface area contributed by atoms with Crippen molar-refractivity contribution in [3.05, 3.63) is 52.1 Å². The van der Waals surface area contributed by atoms with Crippen LogP contribution in [0.1, 0.15) is 18.4 Å². The topological polar surface area (TPSA) is 57.7 Å². The van der Waals surface area contributed by atoms with Gasteiger partial charge in [-0.15, -0.1) is 0 Å². The summed E-state index contributed by atoms with van der Waals surface area (Å²) in [5, 5.41) is 4.03. The maximum absolute atomic E-state index is 12.7. The molecule has 2 heterocycles. The molecular formula is C21H24Cl2N4O2. The Bertz CT molecular complexity index is 868. The number of nitrogens with one attached hydrogen (secondary N) is 1. The predicted molar refractivity (Wildman–Crippen MR) is 116 cm³/mol. The van der Waals surface area contributed by atoms with E-state index in [-0.39, 0.29) is 6.03 Å². The fourth-order valence-corrected chi connectivity index (χ4v) is 3.83. The van der Waals surface area contributed by atoms with Crippen molar-refractivity contribution < 1.29 is 9.53 Å². The van der Waals surface area contributed by atoms with Crippen LogP contribution in [0.4, 0.5) is 16.3 Å². The minimum absolute atomic E-state index is 0.101. The molecule has 8 heteroatoms. The molecule has 0 atom stereocenters. The SMILES string of the molecule is O=C(Nc1cccc(COCC2CC2)c1)N1CCN(c2ncc(Cl)cc2Cl)CC1. The van der Waals surface area contributed by atoms with Gasteiger partial charge in [-0.1, -0.05) is 35.3 Å². The average molecular weight is 435 g/mol. The van der Waals surface area contributed by atoms with E-state index in [1.54, 1.807) is 17.2 Å². The Balaban J connectivity index is 1.28. The molecule has 0 bridgehead atoms. The second-order valence-electron chi connectivity index (χ2n) is 7.52. The van der Waals surface area contributed by atoms with Crippen LogP contribution >= 0.6 is 23.2 Å². The molecular weight excluding hydrogens is 411 g/mol. The third kappa shape index (κ3) is 5.53. The van der Waals surface area contributed by atoms with Crippen LogP contribution in [-0.4, -0.2) is 48.7 Å². The van der Waals surface area contributed by atoms with Crippen LogP contribution in [0.3, 0.4) is 0 Å². The predicted octanol–water partition coefficient (Wildman–Crippen LogP) is 4.67. The van der Waals surface area contributed by atoms with E-state index < -0.39 is 0 Å². The summed E-state index contributed by atoms with van der Waals surface area (Å²) in [7, 11) is 0. The highest BCUT2D eigenvalue weighted by atomic mass is 35.5. The van der Waals surface area contributed by atoms with Crippen LogP contribution < -0.4 is 10.2 Å². The average Bonchev–Trinajstić information content (AvgIpc) is 3.53. The molecule has 0 spiro atoms. The van der Waals surface area contributed by atoms with Gasteiger partial charge in [0.1, 0.15) is 5.82 Å². The number of anilines is 2. The van der Waals surface area contributed by atoms with Gasteiger partial charge in [0.05, 0.1) is 16.7 Å². The van der Waals surface area contributed by atoms with E-state index >= 15 is 0 Å². The van der Waals surface area contributed by atoms with Crippen LogP contribution in [0, 0.1) is 5.92 Å². The number of piperazine rings is 1. The highest BCUT2D eigenvalue weighted by Crippen LogP contribution is 2.29. The molecule has 0 unspecified atom stereocenters. The maximum atomic E-state index is 12.7. The molecule has 1 saturated carbocycles. The summed E-state index contributed by atoms with van der Waals surface area (Å²) in [6.07, 6.45) is 4.15. The Hall–Kier alpha value is -2.02. The van der Waals surface area contributed by atoms with Crippen LogP contribution in [0.25, 0.3) is 0 Å². The van der Waals surface area contributed by atoms with Gasteiger partial charge in [0.15, 0.2) is 0 Å². The minimum Gasteiger partial charge on any atom is -0.376 e. The van der Waals surface area contributed by atoms with Crippen molar-refractivity contribution in [3.63, 3.8) is 0 Å². The number of carbonyl (C=O) groups is 1. The lowest BCUT2D eigenvalue weighted by Crippen LogP contribution is -2.50. The van der Waals surface area contributed by atoms with Gasteiger partial charge in [0.25, 0.3) is 0 Å². The third-order valence-electron chi connectivity index (χ3n) is 5.15. The molecule has 4 rings (SSSR count). The number of hydrogen-bond acceptors (Lipinski definition) is 4. The summed E-state index contributed by atoms with van der Waals surface area (Å²) in [5.41, 5.74) is 1.85. The molecule has 1 aliphatic heterocycles. The zero-order valence-corrected chi connectivity index (χ0v) is 17.6. The lowest BCUT2D eigenvalue weighted by molar-refractivity contribution is 0.111. The number of hydrogen-bond donors (Lipinski definition) is 1. The molecule has 2 fully saturated rings. The van der Waals surface area contributed by atoms with Crippen molar-refractivity contribution >= 4 is 40.7 Å². The van der Waals surface area contributed by atoms with Gasteiger partial charge in [-0.25, -0.2) is 9.78 Å². The van der Waals surface area contributed by atoms with E-state index in [2.05, 4.69) is 15.2 Å². The molecule has 0 radical (unpaired) electrons. The van der Waals surface area contributed by atoms with Crippen molar-refractivity contribution in [2.75, 3.05) is 43.0 Å². The number of pyridine rings is 1. The fraction of sp³-hybridized carbons (Fsp3) is 0.429. The third-order valence-corrected chi connectivity index (χ3v) is 5.64. The summed E-state index contributed by atoms with van der Waals surface area (Å²) >= 11 is 12.2. The van der Waals surface area contributed by atoms with Gasteiger partial charge in [0, 0.05) is 44.7 Å². The summed E-state index contributed by atoms with van der Waals surface area (Å²) in [6.45, 7) is 3.92. The number of benzene rings is 1. The fourth-order valence-electron chi connectivity index (χ4n) is 3.33. The Morgan fingerprint density at radius 2 is 1.97 bits per heavy atom. The highest BCUT2D eigenvalue weighted by molar-refractivity contribution is 6.36. The van der Waals surface area contributed by atoms with Gasteiger partial charge in [-0.3, -0.25) is 0 Å². The largest absolute Gasteiger partial charge is 0.376 e. The number of halogens is 2. The van der Waals surface area contributed by atoms with Gasteiger partial charge in [-0.2, -0.15) is 0 Å². The quantitative estimate of drug-likeness (QED) is 0.717. The standard InChI is InChI=1S/C21H24Cl2N4O2/c22-17-11-19(23)20(24-12-17)26-6-8-27(9-7-26)21(28)25-18-3-1-2-16(10-18)14-29-13-15-4-5-15/h1-3,10-12,15H,4-9,13-14H2,(H,25,28). The Labute approximate surface area is 180 Å². The molecule has 2 aliphatic rings. The molecule has 154 valence electrons. The zero-order chi connectivity index (χ0) is 20.2. The first kappa shape index (κ1) is 20.3. The molecule has 1 aliphatic carbocycles. The van der Waals surface area contributed by atoms with Crippen molar-refractivity contribution in [1.29, 1.82) is 0 Å². The number of aromatic nitrogens is 1. The van der Waals surface area contributed by atoms with Gasteiger partial charge >= 0.3 is 6.03 Å². The van der Waals surface area contributed by atoms with E-state index in [9.17, 15) is 4.79 Å². The first-order valence-electron chi connectivity index (χ1n) is 9.87. The lowest BCUT2D eigenvalue weighted by atomic mass is 10.2. The lowest BCUT2D eigenvalue weighted by Gasteiger charge is -2.35. The first-order chi connectivity index (χ1) is 14.1. The second kappa shape index (κ2) is 9.20. The highest BCUT2D eigenvalue weighted by Gasteiger charge is 2.23. The smallest absolute Gasteiger partial charge is 0.321 e. The first-order valence-corrected chi connectivity index (χ1v) is 10.6. The second-order valence-corrected chi connectivity index (χ2v) is 8.37. The monoisotopic (exact) mass is 434 g/mol. The number of rotatable bonds is 6. The Kier molecular flexibility index (Phi) is 6.43. The Morgan fingerprint density at radius 3 is 2.69 bits per heavy atom. The molecule has 6 nitrogen and oxygen atoms in total. The summed E-state index contributed by atoms with van der Waals surface area (Å²) in [4.78, 5) is 20.8. The zero-order valence-electron chi connectivity index (χ0n) is 16.1. The van der Waals surface area contributed by atoms with Gasteiger partial charge in [0.2, 0.25) is 0 Å². The molecule has 1 aromatic carbocycles. The minimum atomic E-state index is -0.101. The molecule has 1 aromatic heterocycles. The van der Waals surface area contributed by atoms with E-state index in [1.165, 1.54) is 12.8 Å². The number of ether oxygens (including phenoxy) is 1.